The predicted octanol–water partition coefficient (Wildman–Crippen LogP) is 3.49. The van der Waals surface area contributed by atoms with Crippen LogP contribution in [-0.4, -0.2) is 42.5 Å². The van der Waals surface area contributed by atoms with E-state index in [2.05, 4.69) is 42.9 Å². The van der Waals surface area contributed by atoms with Crippen LogP contribution in [0.3, 0.4) is 0 Å². The van der Waals surface area contributed by atoms with Crippen molar-refractivity contribution in [1.82, 2.24) is 15.2 Å². The Balaban J connectivity index is 2.19. The molecule has 2 N–H and O–H groups in total. The summed E-state index contributed by atoms with van der Waals surface area (Å²) in [6.45, 7) is 9.38. The van der Waals surface area contributed by atoms with Crippen molar-refractivity contribution >= 4 is 16.8 Å². The third kappa shape index (κ3) is 4.35. The molecule has 1 amide bonds. The molecule has 0 radical (unpaired) electrons. The Morgan fingerprint density at radius 2 is 1.96 bits per heavy atom. The minimum Gasteiger partial charge on any atom is -0.358 e. The fourth-order valence-electron chi connectivity index (χ4n) is 3.06. The average Bonchev–Trinajstić information content (AvgIpc) is 2.72. The number of aryl methyl sites for hydroxylation is 2. The van der Waals surface area contributed by atoms with E-state index < -0.39 is 0 Å². The molecule has 0 aliphatic carbocycles. The second kappa shape index (κ2) is 7.18. The molecule has 0 bridgehead atoms. The molecular formula is C19H29N3O. The van der Waals surface area contributed by atoms with Gasteiger partial charge in [0, 0.05) is 34.7 Å². The Hall–Kier alpha value is -1.81. The number of benzene rings is 1. The molecule has 0 saturated carbocycles. The van der Waals surface area contributed by atoms with Gasteiger partial charge in [0.05, 0.1) is 0 Å². The minimum atomic E-state index is 0.0117. The van der Waals surface area contributed by atoms with Crippen LogP contribution in [0.5, 0.6) is 0 Å². The number of amides is 1. The molecule has 2 rings (SSSR count). The van der Waals surface area contributed by atoms with E-state index in [1.54, 1.807) is 0 Å². The largest absolute Gasteiger partial charge is 0.358 e. The van der Waals surface area contributed by atoms with Crippen molar-refractivity contribution in [3.63, 3.8) is 0 Å². The Morgan fingerprint density at radius 1 is 1.26 bits per heavy atom. The molecular weight excluding hydrogens is 286 g/mol. The maximum atomic E-state index is 12.6. The lowest BCUT2D eigenvalue weighted by Crippen LogP contribution is -2.42. The summed E-state index contributed by atoms with van der Waals surface area (Å²) in [5.74, 6) is 0.565. The molecule has 1 atom stereocenters. The number of rotatable bonds is 6. The first-order valence-corrected chi connectivity index (χ1v) is 8.32. The smallest absolute Gasteiger partial charge is 0.251 e. The predicted molar refractivity (Wildman–Crippen MR) is 97.0 cm³/mol. The topological polar surface area (TPSA) is 48.1 Å². The average molecular weight is 315 g/mol. The summed E-state index contributed by atoms with van der Waals surface area (Å²) in [7, 11) is 4.08. The summed E-state index contributed by atoms with van der Waals surface area (Å²) in [6.07, 6.45) is 0.981. The summed E-state index contributed by atoms with van der Waals surface area (Å²) >= 11 is 0. The number of hydrogen-bond donors (Lipinski definition) is 2. The Bertz CT molecular complexity index is 675. The summed E-state index contributed by atoms with van der Waals surface area (Å²) in [4.78, 5) is 18.1. The van der Waals surface area contributed by atoms with Crippen molar-refractivity contribution in [3.8, 4) is 0 Å². The Morgan fingerprint density at radius 3 is 2.57 bits per heavy atom. The van der Waals surface area contributed by atoms with Crippen molar-refractivity contribution < 1.29 is 4.79 Å². The van der Waals surface area contributed by atoms with E-state index in [0.29, 0.717) is 5.92 Å². The fourth-order valence-corrected chi connectivity index (χ4v) is 3.06. The van der Waals surface area contributed by atoms with Crippen molar-refractivity contribution in [2.75, 3.05) is 20.6 Å². The molecule has 0 spiro atoms. The van der Waals surface area contributed by atoms with Gasteiger partial charge < -0.3 is 15.2 Å². The molecule has 23 heavy (non-hydrogen) atoms. The molecule has 4 heteroatoms. The van der Waals surface area contributed by atoms with Crippen molar-refractivity contribution in [1.29, 1.82) is 0 Å². The summed E-state index contributed by atoms with van der Waals surface area (Å²) in [5.41, 5.74) is 4.18. The highest BCUT2D eigenvalue weighted by atomic mass is 16.1. The number of carbonyl (C=O) groups excluding carboxylic acids is 1. The van der Waals surface area contributed by atoms with Crippen LogP contribution < -0.4 is 5.32 Å². The zero-order valence-corrected chi connectivity index (χ0v) is 15.2. The van der Waals surface area contributed by atoms with E-state index in [0.717, 1.165) is 35.1 Å². The number of nitrogens with zero attached hydrogens (tertiary/aromatic N) is 1. The summed E-state index contributed by atoms with van der Waals surface area (Å²) in [6, 6.07) is 6.05. The molecule has 0 aliphatic heterocycles. The molecule has 126 valence electrons. The number of aromatic nitrogens is 1. The van der Waals surface area contributed by atoms with Gasteiger partial charge in [-0.25, -0.2) is 0 Å². The van der Waals surface area contributed by atoms with Crippen LogP contribution in [0.15, 0.2) is 18.2 Å². The number of H-pyrrole nitrogens is 1. The number of hydrogen-bond acceptors (Lipinski definition) is 2. The van der Waals surface area contributed by atoms with E-state index >= 15 is 0 Å². The van der Waals surface area contributed by atoms with Gasteiger partial charge in [-0.15, -0.1) is 0 Å². The number of aromatic amines is 1. The molecule has 1 aromatic carbocycles. The van der Waals surface area contributed by atoms with E-state index in [1.165, 1.54) is 5.56 Å². The van der Waals surface area contributed by atoms with Gasteiger partial charge in [0.2, 0.25) is 0 Å². The van der Waals surface area contributed by atoms with Crippen LogP contribution >= 0.6 is 0 Å². The monoisotopic (exact) mass is 315 g/mol. The van der Waals surface area contributed by atoms with Gasteiger partial charge >= 0.3 is 0 Å². The highest BCUT2D eigenvalue weighted by Gasteiger charge is 2.17. The third-order valence-corrected chi connectivity index (χ3v) is 4.25. The highest BCUT2D eigenvalue weighted by Crippen LogP contribution is 2.22. The van der Waals surface area contributed by atoms with E-state index in [1.807, 2.05) is 32.3 Å². The number of likely N-dealkylation sites (N-methyl/N-ethyl adjacent to an activating group) is 1. The number of fused-ring (bicyclic) bond motifs is 1. The van der Waals surface area contributed by atoms with Crippen molar-refractivity contribution in [3.05, 3.63) is 35.0 Å². The second-order valence-corrected chi connectivity index (χ2v) is 7.20. The fraction of sp³-hybridized carbons (Fsp3) is 0.526. The first-order valence-electron chi connectivity index (χ1n) is 8.32. The first kappa shape index (κ1) is 17.5. The van der Waals surface area contributed by atoms with Gasteiger partial charge in [-0.1, -0.05) is 13.8 Å². The summed E-state index contributed by atoms with van der Waals surface area (Å²) < 4.78 is 0. The highest BCUT2D eigenvalue weighted by molar-refractivity contribution is 5.99. The van der Waals surface area contributed by atoms with E-state index in [-0.39, 0.29) is 11.9 Å². The van der Waals surface area contributed by atoms with Crippen molar-refractivity contribution in [2.45, 2.75) is 40.2 Å². The molecule has 2 aromatic rings. The number of carbonyl (C=O) groups is 1. The zero-order valence-electron chi connectivity index (χ0n) is 15.2. The minimum absolute atomic E-state index is 0.0117. The lowest BCUT2D eigenvalue weighted by Gasteiger charge is -2.24. The molecule has 0 fully saturated rings. The molecule has 0 aliphatic rings. The first-order chi connectivity index (χ1) is 10.8. The van der Waals surface area contributed by atoms with E-state index in [4.69, 9.17) is 0 Å². The Labute approximate surface area is 139 Å². The van der Waals surface area contributed by atoms with Gasteiger partial charge in [0.25, 0.3) is 5.91 Å². The zero-order chi connectivity index (χ0) is 17.1. The van der Waals surface area contributed by atoms with Gasteiger partial charge in [0.1, 0.15) is 0 Å². The van der Waals surface area contributed by atoms with Gasteiger partial charge in [0.15, 0.2) is 0 Å². The quantitative estimate of drug-likeness (QED) is 0.857. The SMILES string of the molecule is Cc1[nH]c2ccc(C(=O)NC(CC(C)C)CN(C)C)cc2c1C. The van der Waals surface area contributed by atoms with Gasteiger partial charge in [-0.2, -0.15) is 0 Å². The van der Waals surface area contributed by atoms with Gasteiger partial charge in [-0.05, 0) is 64.0 Å². The maximum Gasteiger partial charge on any atom is 0.251 e. The molecule has 4 nitrogen and oxygen atoms in total. The van der Waals surface area contributed by atoms with Crippen LogP contribution in [0.4, 0.5) is 0 Å². The standard InChI is InChI=1S/C19H29N3O/c1-12(2)9-16(11-22(5)6)21-19(23)15-7-8-18-17(10-15)13(3)14(4)20-18/h7-8,10,12,16,20H,9,11H2,1-6H3,(H,21,23). The molecule has 0 saturated heterocycles. The maximum absolute atomic E-state index is 12.6. The van der Waals surface area contributed by atoms with Crippen molar-refractivity contribution in [2.24, 2.45) is 5.92 Å². The van der Waals surface area contributed by atoms with Crippen LogP contribution in [0, 0.1) is 19.8 Å². The van der Waals surface area contributed by atoms with Crippen LogP contribution in [0.2, 0.25) is 0 Å². The third-order valence-electron chi connectivity index (χ3n) is 4.25. The van der Waals surface area contributed by atoms with Crippen LogP contribution in [0.1, 0.15) is 41.9 Å². The molecule has 1 unspecified atom stereocenters. The number of nitrogens with one attached hydrogen (secondary N) is 2. The lowest BCUT2D eigenvalue weighted by molar-refractivity contribution is 0.0924. The van der Waals surface area contributed by atoms with Gasteiger partial charge in [-0.3, -0.25) is 4.79 Å². The lowest BCUT2D eigenvalue weighted by atomic mass is 10.0. The second-order valence-electron chi connectivity index (χ2n) is 7.20. The Kier molecular flexibility index (Phi) is 5.47. The molecule has 1 aromatic heterocycles. The van der Waals surface area contributed by atoms with Crippen LogP contribution in [0.25, 0.3) is 10.9 Å². The molecule has 1 heterocycles. The van der Waals surface area contributed by atoms with E-state index in [9.17, 15) is 4.79 Å². The van der Waals surface area contributed by atoms with Crippen LogP contribution in [-0.2, 0) is 0 Å². The normalized spacial score (nSPS) is 13.0. The summed E-state index contributed by atoms with van der Waals surface area (Å²) in [5, 5.41) is 4.32.